The van der Waals surface area contributed by atoms with Crippen LogP contribution in [-0.4, -0.2) is 22.8 Å². The summed E-state index contributed by atoms with van der Waals surface area (Å²) < 4.78 is 1.94. The van der Waals surface area contributed by atoms with Crippen LogP contribution in [0.2, 0.25) is 0 Å². The van der Waals surface area contributed by atoms with E-state index in [9.17, 15) is 5.11 Å². The van der Waals surface area contributed by atoms with E-state index in [0.717, 1.165) is 30.4 Å². The van der Waals surface area contributed by atoms with E-state index in [1.54, 1.807) is 0 Å². The highest BCUT2D eigenvalue weighted by Gasteiger charge is 2.12. The van der Waals surface area contributed by atoms with Gasteiger partial charge in [-0.15, -0.1) is 0 Å². The van der Waals surface area contributed by atoms with Crippen molar-refractivity contribution < 1.29 is 5.11 Å². The van der Waals surface area contributed by atoms with Crippen molar-refractivity contribution in [2.24, 2.45) is 0 Å². The number of aromatic nitrogens is 1. The molecule has 0 saturated heterocycles. The molecule has 0 unspecified atom stereocenters. The molecular formula is C13H14N2O. The highest BCUT2D eigenvalue weighted by Crippen LogP contribution is 2.29. The Hall–Kier alpha value is -1.74. The van der Waals surface area contributed by atoms with Crippen LogP contribution in [0.4, 0.5) is 0 Å². The zero-order valence-electron chi connectivity index (χ0n) is 8.98. The second-order valence-electron chi connectivity index (χ2n) is 4.05. The minimum Gasteiger partial charge on any atom is -0.494 e. The predicted molar refractivity (Wildman–Crippen MR) is 65.4 cm³/mol. The maximum Gasteiger partial charge on any atom is 0.196 e. The lowest BCUT2D eigenvalue weighted by Gasteiger charge is -2.16. The SMILES string of the molecule is Oc1cc2ccccc2n1C1=CCNCC1. The Morgan fingerprint density at radius 2 is 2.12 bits per heavy atom. The third-order valence-electron chi connectivity index (χ3n) is 3.02. The topological polar surface area (TPSA) is 37.2 Å². The van der Waals surface area contributed by atoms with E-state index in [4.69, 9.17) is 0 Å². The molecule has 82 valence electrons. The van der Waals surface area contributed by atoms with Gasteiger partial charge in [-0.2, -0.15) is 0 Å². The van der Waals surface area contributed by atoms with E-state index < -0.39 is 0 Å². The van der Waals surface area contributed by atoms with Crippen LogP contribution in [0, 0.1) is 0 Å². The highest BCUT2D eigenvalue weighted by molar-refractivity contribution is 5.86. The average molecular weight is 214 g/mol. The average Bonchev–Trinajstić information content (AvgIpc) is 2.66. The molecule has 0 spiro atoms. The minimum atomic E-state index is 0.328. The Morgan fingerprint density at radius 1 is 1.25 bits per heavy atom. The number of para-hydroxylation sites is 1. The molecule has 16 heavy (non-hydrogen) atoms. The molecule has 1 aromatic heterocycles. The third kappa shape index (κ3) is 1.41. The summed E-state index contributed by atoms with van der Waals surface area (Å²) in [7, 11) is 0. The smallest absolute Gasteiger partial charge is 0.196 e. The molecule has 0 bridgehead atoms. The number of hydrogen-bond donors (Lipinski definition) is 2. The maximum absolute atomic E-state index is 9.99. The first-order valence-corrected chi connectivity index (χ1v) is 5.56. The van der Waals surface area contributed by atoms with Gasteiger partial charge in [0.1, 0.15) is 0 Å². The molecular weight excluding hydrogens is 200 g/mol. The fraction of sp³-hybridized carbons (Fsp3) is 0.231. The van der Waals surface area contributed by atoms with Crippen molar-refractivity contribution in [3.63, 3.8) is 0 Å². The summed E-state index contributed by atoms with van der Waals surface area (Å²) in [6, 6.07) is 9.87. The van der Waals surface area contributed by atoms with E-state index in [0.29, 0.717) is 5.88 Å². The Morgan fingerprint density at radius 3 is 2.94 bits per heavy atom. The molecule has 2 aromatic rings. The van der Waals surface area contributed by atoms with Crippen LogP contribution in [-0.2, 0) is 0 Å². The quantitative estimate of drug-likeness (QED) is 0.763. The molecule has 0 radical (unpaired) electrons. The van der Waals surface area contributed by atoms with Gasteiger partial charge in [-0.1, -0.05) is 24.3 Å². The molecule has 1 aliphatic rings. The number of fused-ring (bicyclic) bond motifs is 1. The Labute approximate surface area is 94.0 Å². The second-order valence-corrected chi connectivity index (χ2v) is 4.05. The summed E-state index contributed by atoms with van der Waals surface area (Å²) in [5.41, 5.74) is 2.26. The van der Waals surface area contributed by atoms with Crippen molar-refractivity contribution in [3.8, 4) is 5.88 Å². The summed E-state index contributed by atoms with van der Waals surface area (Å²) in [6.45, 7) is 1.85. The van der Waals surface area contributed by atoms with E-state index >= 15 is 0 Å². The van der Waals surface area contributed by atoms with Crippen LogP contribution in [0.15, 0.2) is 36.4 Å². The lowest BCUT2D eigenvalue weighted by Crippen LogP contribution is -2.21. The summed E-state index contributed by atoms with van der Waals surface area (Å²) in [6.07, 6.45) is 3.09. The molecule has 0 aliphatic carbocycles. The van der Waals surface area contributed by atoms with Gasteiger partial charge in [0.25, 0.3) is 0 Å². The lowest BCUT2D eigenvalue weighted by atomic mass is 10.2. The zero-order valence-corrected chi connectivity index (χ0v) is 8.98. The Bertz CT molecular complexity index is 554. The molecule has 3 nitrogen and oxygen atoms in total. The van der Waals surface area contributed by atoms with Crippen molar-refractivity contribution in [2.75, 3.05) is 13.1 Å². The summed E-state index contributed by atoms with van der Waals surface area (Å²) in [4.78, 5) is 0. The van der Waals surface area contributed by atoms with Crippen LogP contribution in [0.1, 0.15) is 6.42 Å². The van der Waals surface area contributed by atoms with Gasteiger partial charge in [-0.3, -0.25) is 4.57 Å². The summed E-state index contributed by atoms with van der Waals surface area (Å²) >= 11 is 0. The van der Waals surface area contributed by atoms with Crippen LogP contribution in [0.25, 0.3) is 16.6 Å². The zero-order chi connectivity index (χ0) is 11.0. The van der Waals surface area contributed by atoms with Crippen LogP contribution >= 0.6 is 0 Å². The van der Waals surface area contributed by atoms with Crippen LogP contribution < -0.4 is 5.32 Å². The number of nitrogens with zero attached hydrogens (tertiary/aromatic N) is 1. The molecule has 0 saturated carbocycles. The van der Waals surface area contributed by atoms with Crippen molar-refractivity contribution in [1.29, 1.82) is 0 Å². The first-order valence-electron chi connectivity index (χ1n) is 5.56. The predicted octanol–water partition coefficient (Wildman–Crippen LogP) is 2.18. The van der Waals surface area contributed by atoms with E-state index in [-0.39, 0.29) is 0 Å². The standard InChI is InChI=1S/C13H14N2O/c16-13-9-10-3-1-2-4-12(10)15(13)11-5-7-14-8-6-11/h1-5,9,14,16H,6-8H2. The molecule has 3 rings (SSSR count). The van der Waals surface area contributed by atoms with Crippen molar-refractivity contribution in [1.82, 2.24) is 9.88 Å². The minimum absolute atomic E-state index is 0.328. The molecule has 3 heteroatoms. The van der Waals surface area contributed by atoms with Crippen molar-refractivity contribution >= 4 is 16.6 Å². The van der Waals surface area contributed by atoms with Gasteiger partial charge in [0.05, 0.1) is 5.52 Å². The molecule has 2 heterocycles. The van der Waals surface area contributed by atoms with Crippen molar-refractivity contribution in [2.45, 2.75) is 6.42 Å². The van der Waals surface area contributed by atoms with Gasteiger partial charge >= 0.3 is 0 Å². The fourth-order valence-electron chi connectivity index (χ4n) is 2.26. The monoisotopic (exact) mass is 214 g/mol. The van der Waals surface area contributed by atoms with Gasteiger partial charge < -0.3 is 10.4 Å². The van der Waals surface area contributed by atoms with Gasteiger partial charge in [-0.25, -0.2) is 0 Å². The van der Waals surface area contributed by atoms with Gasteiger partial charge in [0.2, 0.25) is 0 Å². The number of benzene rings is 1. The van der Waals surface area contributed by atoms with Crippen LogP contribution in [0.3, 0.4) is 0 Å². The third-order valence-corrected chi connectivity index (χ3v) is 3.02. The number of rotatable bonds is 1. The second kappa shape index (κ2) is 3.68. The van der Waals surface area contributed by atoms with Crippen LogP contribution in [0.5, 0.6) is 5.88 Å². The largest absolute Gasteiger partial charge is 0.494 e. The molecule has 2 N–H and O–H groups in total. The van der Waals surface area contributed by atoms with E-state index in [2.05, 4.69) is 11.4 Å². The van der Waals surface area contributed by atoms with Gasteiger partial charge in [0.15, 0.2) is 5.88 Å². The molecule has 1 aliphatic heterocycles. The van der Waals surface area contributed by atoms with Crippen molar-refractivity contribution in [3.05, 3.63) is 36.4 Å². The summed E-state index contributed by atoms with van der Waals surface area (Å²) in [5, 5.41) is 14.3. The van der Waals surface area contributed by atoms with E-state index in [1.165, 1.54) is 5.70 Å². The molecule has 0 fully saturated rings. The first kappa shape index (κ1) is 9.48. The highest BCUT2D eigenvalue weighted by atomic mass is 16.3. The lowest BCUT2D eigenvalue weighted by molar-refractivity contribution is 0.444. The number of hydrogen-bond acceptors (Lipinski definition) is 2. The molecule has 1 aromatic carbocycles. The number of nitrogens with one attached hydrogen (secondary N) is 1. The first-order chi connectivity index (χ1) is 7.86. The summed E-state index contributed by atoms with van der Waals surface area (Å²) in [5.74, 6) is 0.328. The molecule has 0 amide bonds. The number of aromatic hydroxyl groups is 1. The maximum atomic E-state index is 9.99. The Kier molecular flexibility index (Phi) is 2.18. The normalized spacial score (nSPS) is 16.4. The Balaban J connectivity index is 2.21. The fourth-order valence-corrected chi connectivity index (χ4v) is 2.26. The van der Waals surface area contributed by atoms with E-state index in [1.807, 2.05) is 34.9 Å². The van der Waals surface area contributed by atoms with Gasteiger partial charge in [-0.05, 0) is 6.07 Å². The molecule has 0 atom stereocenters. The van der Waals surface area contributed by atoms with Gasteiger partial charge in [0, 0.05) is 36.7 Å².